The fourth-order valence-electron chi connectivity index (χ4n) is 2.68. The van der Waals surface area contributed by atoms with Gasteiger partial charge in [-0.1, -0.05) is 24.3 Å². The minimum Gasteiger partial charge on any atom is -0.493 e. The van der Waals surface area contributed by atoms with E-state index < -0.39 is 0 Å². The molecule has 1 heterocycles. The first-order valence-corrected chi connectivity index (χ1v) is 8.10. The topological polar surface area (TPSA) is 76.7 Å². The number of fused-ring (bicyclic) bond motifs is 1. The molecule has 130 valence electrons. The van der Waals surface area contributed by atoms with Gasteiger partial charge in [0.25, 0.3) is 5.91 Å². The lowest BCUT2D eigenvalue weighted by Crippen LogP contribution is -2.28. The number of anilines is 1. The van der Waals surface area contributed by atoms with Crippen LogP contribution in [0.4, 0.5) is 5.69 Å². The van der Waals surface area contributed by atoms with Crippen LogP contribution in [0, 0.1) is 0 Å². The van der Waals surface area contributed by atoms with E-state index in [1.165, 1.54) is 0 Å². The lowest BCUT2D eigenvalue weighted by molar-refractivity contribution is -0.123. The monoisotopic (exact) mass is 340 g/mol. The SMILES string of the molecule is COc1ccccc1OCC(=O)NCc1ccc2c(c1)CCC(=O)N2. The summed E-state index contributed by atoms with van der Waals surface area (Å²) in [4.78, 5) is 23.4. The molecule has 0 radical (unpaired) electrons. The third-order valence-electron chi connectivity index (χ3n) is 3.98. The molecular formula is C19H20N2O4. The van der Waals surface area contributed by atoms with Crippen molar-refractivity contribution in [3.8, 4) is 11.5 Å². The van der Waals surface area contributed by atoms with E-state index in [0.717, 1.165) is 23.2 Å². The van der Waals surface area contributed by atoms with E-state index in [9.17, 15) is 9.59 Å². The first-order chi connectivity index (χ1) is 12.2. The Hall–Kier alpha value is -3.02. The Morgan fingerprint density at radius 3 is 2.76 bits per heavy atom. The van der Waals surface area contributed by atoms with Gasteiger partial charge in [0.2, 0.25) is 5.91 Å². The second kappa shape index (κ2) is 7.70. The van der Waals surface area contributed by atoms with Crippen LogP contribution in [0.1, 0.15) is 17.5 Å². The maximum Gasteiger partial charge on any atom is 0.258 e. The smallest absolute Gasteiger partial charge is 0.258 e. The number of nitrogens with one attached hydrogen (secondary N) is 2. The quantitative estimate of drug-likeness (QED) is 0.846. The highest BCUT2D eigenvalue weighted by Crippen LogP contribution is 2.25. The molecule has 0 bridgehead atoms. The summed E-state index contributed by atoms with van der Waals surface area (Å²) < 4.78 is 10.7. The summed E-state index contributed by atoms with van der Waals surface area (Å²) in [6.07, 6.45) is 1.22. The summed E-state index contributed by atoms with van der Waals surface area (Å²) >= 11 is 0. The van der Waals surface area contributed by atoms with Gasteiger partial charge < -0.3 is 20.1 Å². The number of hydrogen-bond acceptors (Lipinski definition) is 4. The lowest BCUT2D eigenvalue weighted by atomic mass is 10.0. The Kier molecular flexibility index (Phi) is 5.18. The Balaban J connectivity index is 1.52. The van der Waals surface area contributed by atoms with E-state index in [4.69, 9.17) is 9.47 Å². The number of benzene rings is 2. The number of amides is 2. The van der Waals surface area contributed by atoms with Gasteiger partial charge in [-0.05, 0) is 35.7 Å². The zero-order valence-corrected chi connectivity index (χ0v) is 14.0. The van der Waals surface area contributed by atoms with Gasteiger partial charge in [0, 0.05) is 18.7 Å². The largest absolute Gasteiger partial charge is 0.493 e. The van der Waals surface area contributed by atoms with Crippen molar-refractivity contribution < 1.29 is 19.1 Å². The molecule has 6 heteroatoms. The van der Waals surface area contributed by atoms with Gasteiger partial charge in [-0.3, -0.25) is 9.59 Å². The number of carbonyl (C=O) groups excluding carboxylic acids is 2. The first-order valence-electron chi connectivity index (χ1n) is 8.10. The molecule has 0 aliphatic carbocycles. The van der Waals surface area contributed by atoms with Crippen molar-refractivity contribution in [2.24, 2.45) is 0 Å². The van der Waals surface area contributed by atoms with Gasteiger partial charge in [0.05, 0.1) is 7.11 Å². The van der Waals surface area contributed by atoms with E-state index >= 15 is 0 Å². The van der Waals surface area contributed by atoms with Crippen LogP contribution in [-0.2, 0) is 22.6 Å². The van der Waals surface area contributed by atoms with E-state index in [-0.39, 0.29) is 18.4 Å². The van der Waals surface area contributed by atoms with Crippen LogP contribution in [0.3, 0.4) is 0 Å². The zero-order valence-electron chi connectivity index (χ0n) is 14.0. The summed E-state index contributed by atoms with van der Waals surface area (Å²) in [6.45, 7) is 0.330. The molecule has 3 rings (SSSR count). The van der Waals surface area contributed by atoms with Crippen LogP contribution < -0.4 is 20.1 Å². The van der Waals surface area contributed by atoms with E-state index in [1.807, 2.05) is 30.3 Å². The molecule has 0 fully saturated rings. The maximum absolute atomic E-state index is 12.0. The average Bonchev–Trinajstić information content (AvgIpc) is 2.64. The minimum absolute atomic E-state index is 0.0436. The molecule has 0 unspecified atom stereocenters. The molecule has 6 nitrogen and oxygen atoms in total. The Bertz CT molecular complexity index is 789. The van der Waals surface area contributed by atoms with E-state index in [1.54, 1.807) is 19.2 Å². The van der Waals surface area contributed by atoms with Gasteiger partial charge in [-0.2, -0.15) is 0 Å². The van der Waals surface area contributed by atoms with Crippen LogP contribution in [0.2, 0.25) is 0 Å². The molecule has 0 spiro atoms. The van der Waals surface area contributed by atoms with Crippen molar-refractivity contribution in [1.29, 1.82) is 0 Å². The summed E-state index contributed by atoms with van der Waals surface area (Å²) in [7, 11) is 1.56. The van der Waals surface area contributed by atoms with Gasteiger partial charge in [0.15, 0.2) is 18.1 Å². The molecule has 1 aliphatic rings. The minimum atomic E-state index is -0.211. The number of rotatable bonds is 6. The summed E-state index contributed by atoms with van der Waals surface area (Å²) in [5, 5.41) is 5.67. The van der Waals surface area contributed by atoms with Crippen molar-refractivity contribution >= 4 is 17.5 Å². The Labute approximate surface area is 146 Å². The standard InChI is InChI=1S/C19H20N2O4/c1-24-16-4-2-3-5-17(16)25-12-19(23)20-11-13-6-8-15-14(10-13)7-9-18(22)21-15/h2-6,8,10H,7,9,11-12H2,1H3,(H,20,23)(H,21,22). The molecule has 2 amide bonds. The predicted octanol–water partition coefficient (Wildman–Crippen LogP) is 2.28. The van der Waals surface area contributed by atoms with Crippen LogP contribution in [0.15, 0.2) is 42.5 Å². The third kappa shape index (κ3) is 4.29. The van der Waals surface area contributed by atoms with Crippen LogP contribution in [0.25, 0.3) is 0 Å². The van der Waals surface area contributed by atoms with Crippen molar-refractivity contribution in [3.63, 3.8) is 0 Å². The molecule has 0 saturated carbocycles. The molecule has 0 saturated heterocycles. The fourth-order valence-corrected chi connectivity index (χ4v) is 2.68. The lowest BCUT2D eigenvalue weighted by Gasteiger charge is -2.17. The van der Waals surface area contributed by atoms with Crippen molar-refractivity contribution in [1.82, 2.24) is 5.32 Å². The molecular weight excluding hydrogens is 320 g/mol. The second-order valence-corrected chi connectivity index (χ2v) is 5.76. The van der Waals surface area contributed by atoms with Gasteiger partial charge in [-0.25, -0.2) is 0 Å². The first kappa shape index (κ1) is 16.8. The number of ether oxygens (including phenoxy) is 2. The van der Waals surface area contributed by atoms with E-state index in [2.05, 4.69) is 10.6 Å². The fraction of sp³-hybridized carbons (Fsp3) is 0.263. The molecule has 2 aromatic rings. The molecule has 2 aromatic carbocycles. The Morgan fingerprint density at radius 1 is 1.16 bits per heavy atom. The highest BCUT2D eigenvalue weighted by atomic mass is 16.5. The summed E-state index contributed by atoms with van der Waals surface area (Å²) in [6, 6.07) is 13.0. The van der Waals surface area contributed by atoms with Crippen molar-refractivity contribution in [3.05, 3.63) is 53.6 Å². The number of hydrogen-bond donors (Lipinski definition) is 2. The molecule has 0 aromatic heterocycles. The van der Waals surface area contributed by atoms with Gasteiger partial charge in [-0.15, -0.1) is 0 Å². The van der Waals surface area contributed by atoms with Crippen LogP contribution in [0.5, 0.6) is 11.5 Å². The summed E-state index contributed by atoms with van der Waals surface area (Å²) in [5.74, 6) is 0.954. The molecule has 2 N–H and O–H groups in total. The number of carbonyl (C=O) groups is 2. The molecule has 25 heavy (non-hydrogen) atoms. The van der Waals surface area contributed by atoms with Gasteiger partial charge >= 0.3 is 0 Å². The van der Waals surface area contributed by atoms with Gasteiger partial charge in [0.1, 0.15) is 0 Å². The predicted molar refractivity (Wildman–Crippen MR) is 93.7 cm³/mol. The highest BCUT2D eigenvalue weighted by Gasteiger charge is 2.15. The zero-order chi connectivity index (χ0) is 17.6. The molecule has 1 aliphatic heterocycles. The number of methoxy groups -OCH3 is 1. The third-order valence-corrected chi connectivity index (χ3v) is 3.98. The van der Waals surface area contributed by atoms with Crippen LogP contribution in [-0.4, -0.2) is 25.5 Å². The Morgan fingerprint density at radius 2 is 1.96 bits per heavy atom. The average molecular weight is 340 g/mol. The normalized spacial score (nSPS) is 12.8. The van der Waals surface area contributed by atoms with Crippen molar-refractivity contribution in [2.75, 3.05) is 19.0 Å². The van der Waals surface area contributed by atoms with Crippen molar-refractivity contribution in [2.45, 2.75) is 19.4 Å². The van der Waals surface area contributed by atoms with Crippen LogP contribution >= 0.6 is 0 Å². The second-order valence-electron chi connectivity index (χ2n) is 5.76. The maximum atomic E-state index is 12.0. The summed E-state index contributed by atoms with van der Waals surface area (Å²) in [5.41, 5.74) is 2.93. The number of aryl methyl sites for hydroxylation is 1. The number of para-hydroxylation sites is 2. The highest BCUT2D eigenvalue weighted by molar-refractivity contribution is 5.93. The molecule has 0 atom stereocenters. The van der Waals surface area contributed by atoms with E-state index in [0.29, 0.717) is 24.5 Å².